The van der Waals surface area contributed by atoms with Gasteiger partial charge in [-0.05, 0) is 7.05 Å². The van der Waals surface area contributed by atoms with Crippen molar-refractivity contribution in [3.8, 4) is 0 Å². The van der Waals surface area contributed by atoms with E-state index in [0.717, 1.165) is 12.1 Å². The molecule has 0 aromatic heterocycles. The van der Waals surface area contributed by atoms with E-state index in [1.54, 1.807) is 7.05 Å². The summed E-state index contributed by atoms with van der Waals surface area (Å²) in [6.45, 7) is 1.24. The van der Waals surface area contributed by atoms with Gasteiger partial charge in [-0.3, -0.25) is 9.59 Å². The predicted molar refractivity (Wildman–Crippen MR) is 63.2 cm³/mol. The molecule has 1 aromatic rings. The highest BCUT2D eigenvalue weighted by Gasteiger charge is 2.12. The number of rotatable bonds is 4. The topological polar surface area (TPSA) is 70.2 Å². The van der Waals surface area contributed by atoms with Crippen molar-refractivity contribution < 1.29 is 18.4 Å². The zero-order valence-corrected chi connectivity index (χ0v) is 9.93. The highest BCUT2D eigenvalue weighted by atomic mass is 19.2. The number of likely N-dealkylation sites (N-methyl/N-ethyl adjacent to an activating group) is 1. The maximum absolute atomic E-state index is 13.1. The van der Waals surface area contributed by atoms with Crippen LogP contribution < -0.4 is 16.0 Å². The van der Waals surface area contributed by atoms with Crippen LogP contribution in [0.3, 0.4) is 0 Å². The number of carbonyl (C=O) groups excluding carboxylic acids is 2. The summed E-state index contributed by atoms with van der Waals surface area (Å²) in [5.74, 6) is -3.10. The summed E-state index contributed by atoms with van der Waals surface area (Å²) in [4.78, 5) is 22.3. The molecule has 0 heterocycles. The number of hydrogen-bond donors (Lipinski definition) is 3. The van der Waals surface area contributed by atoms with Crippen LogP contribution in [0.25, 0.3) is 0 Å². The van der Waals surface area contributed by atoms with Gasteiger partial charge >= 0.3 is 0 Å². The van der Waals surface area contributed by atoms with Crippen molar-refractivity contribution >= 4 is 23.2 Å². The molecule has 0 bridgehead atoms. The Bertz CT molecular complexity index is 478. The number of amides is 2. The molecule has 1 aromatic carbocycles. The fourth-order valence-corrected chi connectivity index (χ4v) is 1.30. The van der Waals surface area contributed by atoms with Gasteiger partial charge in [-0.1, -0.05) is 0 Å². The van der Waals surface area contributed by atoms with E-state index in [9.17, 15) is 18.4 Å². The maximum Gasteiger partial charge on any atom is 0.238 e. The number of benzene rings is 1. The lowest BCUT2D eigenvalue weighted by Gasteiger charge is -2.12. The molecule has 0 fully saturated rings. The third-order valence-electron chi connectivity index (χ3n) is 1.98. The molecule has 0 unspecified atom stereocenters. The highest BCUT2D eigenvalue weighted by molar-refractivity contribution is 5.99. The van der Waals surface area contributed by atoms with Gasteiger partial charge in [-0.2, -0.15) is 0 Å². The molecule has 0 aliphatic carbocycles. The molecule has 0 aliphatic rings. The molecule has 2 amide bonds. The van der Waals surface area contributed by atoms with Crippen molar-refractivity contribution in [2.24, 2.45) is 0 Å². The summed E-state index contributed by atoms with van der Waals surface area (Å²) in [6.07, 6.45) is 0. The second-order valence-corrected chi connectivity index (χ2v) is 3.57. The fraction of sp³-hybridized carbons (Fsp3) is 0.273. The van der Waals surface area contributed by atoms with Crippen LogP contribution in [0.2, 0.25) is 0 Å². The molecule has 5 nitrogen and oxygen atoms in total. The minimum absolute atomic E-state index is 0.00403. The second-order valence-electron chi connectivity index (χ2n) is 3.57. The SMILES string of the molecule is CNCC(=O)Nc1cc(F)c(F)cc1NC(C)=O. The molecule has 7 heteroatoms. The molecule has 1 rings (SSSR count). The van der Waals surface area contributed by atoms with Crippen molar-refractivity contribution in [3.05, 3.63) is 23.8 Å². The molecule has 0 saturated carbocycles. The Labute approximate surface area is 103 Å². The van der Waals surface area contributed by atoms with Gasteiger partial charge < -0.3 is 16.0 Å². The molecule has 0 aliphatic heterocycles. The van der Waals surface area contributed by atoms with E-state index in [1.807, 2.05) is 0 Å². The van der Waals surface area contributed by atoms with E-state index in [2.05, 4.69) is 16.0 Å². The number of carbonyl (C=O) groups is 2. The standard InChI is InChI=1S/C11H13F2N3O2/c1-6(17)15-9-3-7(12)8(13)4-10(9)16-11(18)5-14-2/h3-4,14H,5H2,1-2H3,(H,15,17)(H,16,18). The molecule has 0 atom stereocenters. The summed E-state index contributed by atoms with van der Waals surface area (Å²) < 4.78 is 26.1. The quantitative estimate of drug-likeness (QED) is 0.756. The molecular formula is C11H13F2N3O2. The van der Waals surface area contributed by atoms with E-state index in [4.69, 9.17) is 0 Å². The monoisotopic (exact) mass is 257 g/mol. The Morgan fingerprint density at radius 2 is 1.61 bits per heavy atom. The van der Waals surface area contributed by atoms with Gasteiger partial charge in [-0.25, -0.2) is 8.78 Å². The largest absolute Gasteiger partial charge is 0.324 e. The second kappa shape index (κ2) is 6.06. The van der Waals surface area contributed by atoms with Crippen LogP contribution in [0.5, 0.6) is 0 Å². The fourth-order valence-electron chi connectivity index (χ4n) is 1.30. The Kier molecular flexibility index (Phi) is 4.73. The first kappa shape index (κ1) is 14.0. The van der Waals surface area contributed by atoms with Crippen LogP contribution in [-0.4, -0.2) is 25.4 Å². The summed E-state index contributed by atoms with van der Waals surface area (Å²) in [5.41, 5.74) is 0.00945. The Morgan fingerprint density at radius 1 is 1.11 bits per heavy atom. The molecule has 18 heavy (non-hydrogen) atoms. The van der Waals surface area contributed by atoms with Crippen LogP contribution in [0.1, 0.15) is 6.92 Å². The average Bonchev–Trinajstić information content (AvgIpc) is 2.25. The third-order valence-corrected chi connectivity index (χ3v) is 1.98. The number of anilines is 2. The van der Waals surface area contributed by atoms with Gasteiger partial charge in [0.15, 0.2) is 11.6 Å². The zero-order valence-electron chi connectivity index (χ0n) is 9.93. The van der Waals surface area contributed by atoms with Crippen molar-refractivity contribution in [2.75, 3.05) is 24.2 Å². The Hall–Kier alpha value is -2.02. The van der Waals surface area contributed by atoms with E-state index in [-0.39, 0.29) is 17.9 Å². The smallest absolute Gasteiger partial charge is 0.238 e. The Balaban J connectivity index is 3.03. The summed E-state index contributed by atoms with van der Waals surface area (Å²) in [7, 11) is 1.57. The first-order valence-corrected chi connectivity index (χ1v) is 5.15. The zero-order chi connectivity index (χ0) is 13.7. The minimum atomic E-state index is -1.11. The normalized spacial score (nSPS) is 10.0. The van der Waals surface area contributed by atoms with Gasteiger partial charge in [0.1, 0.15) is 0 Å². The number of halogens is 2. The van der Waals surface area contributed by atoms with E-state index >= 15 is 0 Å². The lowest BCUT2D eigenvalue weighted by Crippen LogP contribution is -2.25. The molecular weight excluding hydrogens is 244 g/mol. The maximum atomic E-state index is 13.1. The Morgan fingerprint density at radius 3 is 2.06 bits per heavy atom. The molecule has 0 saturated heterocycles. The van der Waals surface area contributed by atoms with Gasteiger partial charge in [0.2, 0.25) is 11.8 Å². The summed E-state index contributed by atoms with van der Waals surface area (Å²) >= 11 is 0. The lowest BCUT2D eigenvalue weighted by molar-refractivity contribution is -0.115. The molecule has 0 radical (unpaired) electrons. The molecule has 3 N–H and O–H groups in total. The van der Waals surface area contributed by atoms with E-state index in [0.29, 0.717) is 0 Å². The van der Waals surface area contributed by atoms with Crippen molar-refractivity contribution in [1.29, 1.82) is 0 Å². The van der Waals surface area contributed by atoms with Crippen molar-refractivity contribution in [3.63, 3.8) is 0 Å². The average molecular weight is 257 g/mol. The van der Waals surface area contributed by atoms with Crippen molar-refractivity contribution in [1.82, 2.24) is 5.32 Å². The van der Waals surface area contributed by atoms with Gasteiger partial charge in [0, 0.05) is 19.1 Å². The van der Waals surface area contributed by atoms with Crippen LogP contribution in [0.15, 0.2) is 12.1 Å². The predicted octanol–water partition coefficient (Wildman–Crippen LogP) is 1.08. The minimum Gasteiger partial charge on any atom is -0.324 e. The third kappa shape index (κ3) is 3.77. The van der Waals surface area contributed by atoms with E-state index < -0.39 is 23.4 Å². The summed E-state index contributed by atoms with van der Waals surface area (Å²) in [6, 6.07) is 1.62. The van der Waals surface area contributed by atoms with E-state index in [1.165, 1.54) is 6.92 Å². The van der Waals surface area contributed by atoms with Gasteiger partial charge in [0.25, 0.3) is 0 Å². The van der Waals surface area contributed by atoms with Crippen LogP contribution in [0.4, 0.5) is 20.2 Å². The molecule has 0 spiro atoms. The number of nitrogens with one attached hydrogen (secondary N) is 3. The highest BCUT2D eigenvalue weighted by Crippen LogP contribution is 2.25. The van der Waals surface area contributed by atoms with Crippen LogP contribution in [0, 0.1) is 11.6 Å². The summed E-state index contributed by atoms with van der Waals surface area (Å²) in [5, 5.41) is 7.28. The first-order valence-electron chi connectivity index (χ1n) is 5.15. The van der Waals surface area contributed by atoms with Gasteiger partial charge in [0.05, 0.1) is 17.9 Å². The van der Waals surface area contributed by atoms with Crippen LogP contribution in [-0.2, 0) is 9.59 Å². The number of hydrogen-bond acceptors (Lipinski definition) is 3. The molecule has 98 valence electrons. The van der Waals surface area contributed by atoms with Crippen molar-refractivity contribution in [2.45, 2.75) is 6.92 Å². The van der Waals surface area contributed by atoms with Gasteiger partial charge in [-0.15, -0.1) is 0 Å². The first-order chi connectivity index (χ1) is 8.43. The van der Waals surface area contributed by atoms with Crippen LogP contribution >= 0.6 is 0 Å². The lowest BCUT2D eigenvalue weighted by atomic mass is 10.2.